The second kappa shape index (κ2) is 7.89. The van der Waals surface area contributed by atoms with E-state index in [2.05, 4.69) is 12.2 Å². The Morgan fingerprint density at radius 3 is 2.39 bits per heavy atom. The second-order valence-electron chi connectivity index (χ2n) is 8.01. The Hall–Kier alpha value is -2.44. The molecule has 6 nitrogen and oxygen atoms in total. The zero-order valence-electron chi connectivity index (χ0n) is 16.7. The van der Waals surface area contributed by atoms with Crippen LogP contribution in [0, 0.1) is 11.7 Å². The van der Waals surface area contributed by atoms with E-state index >= 15 is 0 Å². The maximum Gasteiger partial charge on any atom is 0.325 e. The third-order valence-corrected chi connectivity index (χ3v) is 6.26. The number of nitrogens with zero attached hydrogens (tertiary/aromatic N) is 2. The predicted molar refractivity (Wildman–Crippen MR) is 103 cm³/mol. The number of hydrogen-bond donors (Lipinski definition) is 1. The van der Waals surface area contributed by atoms with Crippen LogP contribution < -0.4 is 5.32 Å². The van der Waals surface area contributed by atoms with Crippen molar-refractivity contribution in [2.75, 3.05) is 13.6 Å². The van der Waals surface area contributed by atoms with E-state index in [1.807, 2.05) is 0 Å². The van der Waals surface area contributed by atoms with Gasteiger partial charge in [-0.25, -0.2) is 9.18 Å². The van der Waals surface area contributed by atoms with E-state index in [4.69, 9.17) is 0 Å². The molecule has 2 aliphatic rings. The molecule has 1 saturated carbocycles. The first kappa shape index (κ1) is 20.3. The Morgan fingerprint density at radius 2 is 1.82 bits per heavy atom. The largest absolute Gasteiger partial charge is 0.341 e. The van der Waals surface area contributed by atoms with Gasteiger partial charge in [-0.3, -0.25) is 14.5 Å². The van der Waals surface area contributed by atoms with Crippen LogP contribution in [0.4, 0.5) is 9.18 Å². The van der Waals surface area contributed by atoms with E-state index in [0.717, 1.165) is 30.6 Å². The molecular formula is C21H28FN3O3. The van der Waals surface area contributed by atoms with E-state index in [-0.39, 0.29) is 18.5 Å². The normalized spacial score (nSPS) is 27.6. The second-order valence-corrected chi connectivity index (χ2v) is 8.01. The molecule has 1 unspecified atom stereocenters. The van der Waals surface area contributed by atoms with Crippen LogP contribution in [0.1, 0.15) is 51.5 Å². The van der Waals surface area contributed by atoms with Gasteiger partial charge in [-0.2, -0.15) is 0 Å². The molecule has 3 rings (SSSR count). The topological polar surface area (TPSA) is 69.7 Å². The van der Waals surface area contributed by atoms with E-state index in [1.54, 1.807) is 18.9 Å². The molecule has 1 aromatic carbocycles. The Kier molecular flexibility index (Phi) is 5.72. The number of likely N-dealkylation sites (N-methyl/N-ethyl adjacent to an activating group) is 1. The van der Waals surface area contributed by atoms with Crippen molar-refractivity contribution in [3.63, 3.8) is 0 Å². The van der Waals surface area contributed by atoms with Gasteiger partial charge in [0.05, 0.1) is 0 Å². The van der Waals surface area contributed by atoms with Crippen LogP contribution in [0.5, 0.6) is 0 Å². The number of halogens is 1. The number of imide groups is 1. The molecule has 1 aliphatic carbocycles. The lowest BCUT2D eigenvalue weighted by Crippen LogP contribution is -2.47. The van der Waals surface area contributed by atoms with Crippen molar-refractivity contribution in [2.45, 2.75) is 57.5 Å². The van der Waals surface area contributed by atoms with Gasteiger partial charge in [0.15, 0.2) is 0 Å². The summed E-state index contributed by atoms with van der Waals surface area (Å²) in [6.45, 7) is 3.71. The lowest BCUT2D eigenvalue weighted by atomic mass is 9.86. The summed E-state index contributed by atoms with van der Waals surface area (Å²) in [7, 11) is 1.74. The van der Waals surface area contributed by atoms with Gasteiger partial charge in [0.25, 0.3) is 5.91 Å². The highest BCUT2D eigenvalue weighted by molar-refractivity contribution is 6.09. The maximum atomic E-state index is 13.3. The van der Waals surface area contributed by atoms with Crippen molar-refractivity contribution >= 4 is 17.8 Å². The summed E-state index contributed by atoms with van der Waals surface area (Å²) in [5.41, 5.74) is -0.747. The van der Waals surface area contributed by atoms with Crippen LogP contribution >= 0.6 is 0 Å². The van der Waals surface area contributed by atoms with Crippen molar-refractivity contribution < 1.29 is 18.8 Å². The van der Waals surface area contributed by atoms with Crippen LogP contribution in [0.2, 0.25) is 0 Å². The quantitative estimate of drug-likeness (QED) is 0.787. The number of hydrogen-bond acceptors (Lipinski definition) is 3. The first-order valence-corrected chi connectivity index (χ1v) is 9.94. The molecular weight excluding hydrogens is 361 g/mol. The highest BCUT2D eigenvalue weighted by Crippen LogP contribution is 2.33. The third-order valence-electron chi connectivity index (χ3n) is 6.26. The molecule has 0 bridgehead atoms. The minimum absolute atomic E-state index is 0.150. The smallest absolute Gasteiger partial charge is 0.325 e. The average Bonchev–Trinajstić information content (AvgIpc) is 2.93. The molecule has 4 amide bonds. The summed E-state index contributed by atoms with van der Waals surface area (Å²) in [6.07, 6.45) is 4.35. The SMILES string of the molecule is CCC1(c2ccc(F)cc2)NC(=O)N(CC(=O)N(C)C2CCC(C)CC2)C1=O. The minimum Gasteiger partial charge on any atom is -0.341 e. The fraction of sp³-hybridized carbons (Fsp3) is 0.571. The molecule has 0 aromatic heterocycles. The lowest BCUT2D eigenvalue weighted by Gasteiger charge is -2.34. The summed E-state index contributed by atoms with van der Waals surface area (Å²) >= 11 is 0. The maximum absolute atomic E-state index is 13.3. The average molecular weight is 389 g/mol. The standard InChI is InChI=1S/C21H28FN3O3/c1-4-21(15-7-9-16(22)10-8-15)19(27)25(20(28)23-21)13-18(26)24(3)17-11-5-14(2)6-12-17/h7-10,14,17H,4-6,11-13H2,1-3H3,(H,23,28). The molecule has 1 aliphatic heterocycles. The van der Waals surface area contributed by atoms with Gasteiger partial charge in [0, 0.05) is 13.1 Å². The highest BCUT2D eigenvalue weighted by atomic mass is 19.1. The first-order chi connectivity index (χ1) is 13.3. The predicted octanol–water partition coefficient (Wildman–Crippen LogP) is 3.02. The minimum atomic E-state index is -1.26. The number of nitrogens with one attached hydrogen (secondary N) is 1. The number of benzene rings is 1. The van der Waals surface area contributed by atoms with Crippen LogP contribution in [-0.2, 0) is 15.1 Å². The van der Waals surface area contributed by atoms with Gasteiger partial charge >= 0.3 is 6.03 Å². The van der Waals surface area contributed by atoms with Crippen molar-refractivity contribution in [3.05, 3.63) is 35.6 Å². The van der Waals surface area contributed by atoms with Crippen molar-refractivity contribution in [1.82, 2.24) is 15.1 Å². The van der Waals surface area contributed by atoms with E-state index < -0.39 is 23.3 Å². The summed E-state index contributed by atoms with van der Waals surface area (Å²) in [6, 6.07) is 5.08. The molecule has 1 N–H and O–H groups in total. The molecule has 0 radical (unpaired) electrons. The van der Waals surface area contributed by atoms with Gasteiger partial charge in [-0.05, 0) is 55.7 Å². The number of carbonyl (C=O) groups excluding carboxylic acids is 3. The molecule has 0 spiro atoms. The lowest BCUT2D eigenvalue weighted by molar-refractivity contribution is -0.140. The Labute approximate surface area is 165 Å². The van der Waals surface area contributed by atoms with Crippen LogP contribution in [0.3, 0.4) is 0 Å². The molecule has 1 saturated heterocycles. The first-order valence-electron chi connectivity index (χ1n) is 9.94. The molecule has 1 aromatic rings. The van der Waals surface area contributed by atoms with Crippen LogP contribution in [-0.4, -0.2) is 47.3 Å². The Morgan fingerprint density at radius 1 is 1.21 bits per heavy atom. The van der Waals surface area contributed by atoms with Crippen molar-refractivity contribution in [1.29, 1.82) is 0 Å². The van der Waals surface area contributed by atoms with E-state index in [0.29, 0.717) is 17.9 Å². The number of urea groups is 1. The molecule has 1 heterocycles. The van der Waals surface area contributed by atoms with Gasteiger partial charge in [0.1, 0.15) is 17.9 Å². The molecule has 28 heavy (non-hydrogen) atoms. The third kappa shape index (κ3) is 3.62. The van der Waals surface area contributed by atoms with Gasteiger partial charge in [0.2, 0.25) is 5.91 Å². The molecule has 2 fully saturated rings. The fourth-order valence-corrected chi connectivity index (χ4v) is 4.22. The van der Waals surface area contributed by atoms with E-state index in [1.165, 1.54) is 24.3 Å². The summed E-state index contributed by atoms with van der Waals surface area (Å²) < 4.78 is 13.3. The van der Waals surface area contributed by atoms with Crippen LogP contribution in [0.15, 0.2) is 24.3 Å². The number of rotatable bonds is 5. The number of amides is 4. The Balaban J connectivity index is 1.74. The summed E-state index contributed by atoms with van der Waals surface area (Å²) in [4.78, 5) is 41.0. The number of carbonyl (C=O) groups is 3. The van der Waals surface area contributed by atoms with Gasteiger partial charge in [-0.1, -0.05) is 26.0 Å². The zero-order valence-corrected chi connectivity index (χ0v) is 16.7. The van der Waals surface area contributed by atoms with Crippen LogP contribution in [0.25, 0.3) is 0 Å². The summed E-state index contributed by atoms with van der Waals surface area (Å²) in [5, 5.41) is 2.73. The molecule has 1 atom stereocenters. The van der Waals surface area contributed by atoms with Crippen molar-refractivity contribution in [2.24, 2.45) is 5.92 Å². The highest BCUT2D eigenvalue weighted by Gasteiger charge is 2.51. The fourth-order valence-electron chi connectivity index (χ4n) is 4.22. The summed E-state index contributed by atoms with van der Waals surface area (Å²) in [5.74, 6) is -0.450. The van der Waals surface area contributed by atoms with Gasteiger partial charge < -0.3 is 10.2 Å². The zero-order chi connectivity index (χ0) is 20.5. The van der Waals surface area contributed by atoms with Gasteiger partial charge in [-0.15, -0.1) is 0 Å². The molecule has 7 heteroatoms. The Bertz CT molecular complexity index is 759. The van der Waals surface area contributed by atoms with Crippen molar-refractivity contribution in [3.8, 4) is 0 Å². The molecule has 152 valence electrons. The van der Waals surface area contributed by atoms with E-state index in [9.17, 15) is 18.8 Å². The monoisotopic (exact) mass is 389 g/mol.